The summed E-state index contributed by atoms with van der Waals surface area (Å²) in [7, 11) is 0. The number of alkyl carbamates (subject to hydrolysis) is 1. The Labute approximate surface area is 124 Å². The maximum Gasteiger partial charge on any atom is 0.408 e. The van der Waals surface area contributed by atoms with Crippen LogP contribution in [0.15, 0.2) is 10.9 Å². The summed E-state index contributed by atoms with van der Waals surface area (Å²) >= 11 is 1.59. The van der Waals surface area contributed by atoms with Gasteiger partial charge in [-0.1, -0.05) is 0 Å². The number of rotatable bonds is 5. The van der Waals surface area contributed by atoms with Gasteiger partial charge in [-0.05, 0) is 40.0 Å². The molecule has 1 aromatic heterocycles. The normalized spacial score (nSPS) is 17.4. The maximum absolute atomic E-state index is 11.9. The van der Waals surface area contributed by atoms with Crippen LogP contribution in [0, 0.1) is 0 Å². The van der Waals surface area contributed by atoms with Gasteiger partial charge in [0.25, 0.3) is 0 Å². The molecule has 20 heavy (non-hydrogen) atoms. The standard InChI is InChI=1S/C14H23N3O2S/c1-13(2,3)19-12(18)17-14(5-4-6-14)9-15-7-11-8-20-10-16-11/h8,10,15H,4-7,9H2,1-3H3,(H,17,18). The van der Waals surface area contributed by atoms with Crippen molar-refractivity contribution in [1.82, 2.24) is 15.6 Å². The summed E-state index contributed by atoms with van der Waals surface area (Å²) in [5.41, 5.74) is 2.26. The maximum atomic E-state index is 11.9. The lowest BCUT2D eigenvalue weighted by Gasteiger charge is -2.42. The van der Waals surface area contributed by atoms with E-state index in [0.29, 0.717) is 0 Å². The largest absolute Gasteiger partial charge is 0.444 e. The molecule has 0 aliphatic heterocycles. The van der Waals surface area contributed by atoms with Crippen LogP contribution in [-0.4, -0.2) is 28.8 Å². The van der Waals surface area contributed by atoms with Gasteiger partial charge in [0.15, 0.2) is 0 Å². The van der Waals surface area contributed by atoms with Crippen molar-refractivity contribution >= 4 is 17.4 Å². The summed E-state index contributed by atoms with van der Waals surface area (Å²) in [6.45, 7) is 7.12. The summed E-state index contributed by atoms with van der Waals surface area (Å²) in [6, 6.07) is 0. The first kappa shape index (κ1) is 15.3. The molecule has 0 atom stereocenters. The van der Waals surface area contributed by atoms with Crippen molar-refractivity contribution in [3.05, 3.63) is 16.6 Å². The molecule has 2 N–H and O–H groups in total. The monoisotopic (exact) mass is 297 g/mol. The number of hydrogen-bond acceptors (Lipinski definition) is 5. The zero-order chi connectivity index (χ0) is 14.6. The van der Waals surface area contributed by atoms with E-state index < -0.39 is 5.60 Å². The molecule has 6 heteroatoms. The quantitative estimate of drug-likeness (QED) is 0.877. The molecule has 0 radical (unpaired) electrons. The van der Waals surface area contributed by atoms with Crippen LogP contribution in [0.4, 0.5) is 4.79 Å². The van der Waals surface area contributed by atoms with E-state index >= 15 is 0 Å². The van der Waals surface area contributed by atoms with Gasteiger partial charge in [-0.25, -0.2) is 9.78 Å². The van der Waals surface area contributed by atoms with Gasteiger partial charge < -0.3 is 15.4 Å². The van der Waals surface area contributed by atoms with Gasteiger partial charge in [-0.15, -0.1) is 11.3 Å². The van der Waals surface area contributed by atoms with E-state index in [4.69, 9.17) is 4.74 Å². The first-order valence-electron chi connectivity index (χ1n) is 6.98. The summed E-state index contributed by atoms with van der Waals surface area (Å²) in [5, 5.41) is 8.43. The minimum Gasteiger partial charge on any atom is -0.444 e. The summed E-state index contributed by atoms with van der Waals surface area (Å²) in [6.07, 6.45) is 2.81. The van der Waals surface area contributed by atoms with E-state index in [2.05, 4.69) is 15.6 Å². The molecule has 1 saturated carbocycles. The van der Waals surface area contributed by atoms with Crippen LogP contribution >= 0.6 is 11.3 Å². The summed E-state index contributed by atoms with van der Waals surface area (Å²) in [4.78, 5) is 16.1. The topological polar surface area (TPSA) is 63.2 Å². The number of carbonyl (C=O) groups excluding carboxylic acids is 1. The van der Waals surface area contributed by atoms with Crippen LogP contribution in [0.25, 0.3) is 0 Å². The summed E-state index contributed by atoms with van der Waals surface area (Å²) < 4.78 is 5.33. The molecule has 0 saturated heterocycles. The third-order valence-electron chi connectivity index (χ3n) is 3.33. The predicted octanol–water partition coefficient (Wildman–Crippen LogP) is 2.68. The number of nitrogens with zero attached hydrogens (tertiary/aromatic N) is 1. The molecule has 0 aromatic carbocycles. The van der Waals surface area contributed by atoms with Gasteiger partial charge in [0.05, 0.1) is 16.7 Å². The fourth-order valence-electron chi connectivity index (χ4n) is 2.22. The Hall–Kier alpha value is -1.14. The Kier molecular flexibility index (Phi) is 4.65. The molecule has 112 valence electrons. The first-order chi connectivity index (χ1) is 9.39. The first-order valence-corrected chi connectivity index (χ1v) is 7.92. The van der Waals surface area contributed by atoms with Gasteiger partial charge >= 0.3 is 6.09 Å². The highest BCUT2D eigenvalue weighted by atomic mass is 32.1. The van der Waals surface area contributed by atoms with Gasteiger partial charge in [0.1, 0.15) is 5.60 Å². The number of carbonyl (C=O) groups is 1. The second-order valence-electron chi connectivity index (χ2n) is 6.34. The average Bonchev–Trinajstić information content (AvgIpc) is 2.75. The number of aromatic nitrogens is 1. The molecule has 0 spiro atoms. The number of thiazole rings is 1. The fraction of sp³-hybridized carbons (Fsp3) is 0.714. The third kappa shape index (κ3) is 4.45. The highest BCUT2D eigenvalue weighted by Gasteiger charge is 2.39. The molecule has 2 rings (SSSR count). The number of amides is 1. The predicted molar refractivity (Wildman–Crippen MR) is 79.8 cm³/mol. The van der Waals surface area contributed by atoms with E-state index in [-0.39, 0.29) is 11.6 Å². The third-order valence-corrected chi connectivity index (χ3v) is 3.97. The van der Waals surface area contributed by atoms with Gasteiger partial charge in [-0.3, -0.25) is 0 Å². The zero-order valence-electron chi connectivity index (χ0n) is 12.4. The number of ether oxygens (including phenoxy) is 1. The van der Waals surface area contributed by atoms with Gasteiger partial charge in [0, 0.05) is 18.5 Å². The smallest absolute Gasteiger partial charge is 0.408 e. The van der Waals surface area contributed by atoms with Crippen LogP contribution in [0.1, 0.15) is 45.7 Å². The Bertz CT molecular complexity index is 436. The van der Waals surface area contributed by atoms with E-state index in [1.165, 1.54) is 0 Å². The van der Waals surface area contributed by atoms with E-state index in [1.54, 1.807) is 11.3 Å². The molecule has 1 heterocycles. The molecule has 1 aromatic rings. The Morgan fingerprint density at radius 1 is 1.50 bits per heavy atom. The van der Waals surface area contributed by atoms with Crippen LogP contribution in [0.2, 0.25) is 0 Å². The zero-order valence-corrected chi connectivity index (χ0v) is 13.2. The average molecular weight is 297 g/mol. The van der Waals surface area contributed by atoms with Crippen molar-refractivity contribution < 1.29 is 9.53 Å². The van der Waals surface area contributed by atoms with Crippen LogP contribution in [0.5, 0.6) is 0 Å². The molecular formula is C14H23N3O2S. The second kappa shape index (κ2) is 6.10. The van der Waals surface area contributed by atoms with E-state index in [1.807, 2.05) is 31.7 Å². The van der Waals surface area contributed by atoms with Gasteiger partial charge in [0.2, 0.25) is 0 Å². The van der Waals surface area contributed by atoms with Gasteiger partial charge in [-0.2, -0.15) is 0 Å². The van der Waals surface area contributed by atoms with Crippen molar-refractivity contribution in [3.63, 3.8) is 0 Å². The van der Waals surface area contributed by atoms with Crippen molar-refractivity contribution in [3.8, 4) is 0 Å². The number of hydrogen-bond donors (Lipinski definition) is 2. The van der Waals surface area contributed by atoms with E-state index in [9.17, 15) is 4.79 Å². The highest BCUT2D eigenvalue weighted by molar-refractivity contribution is 7.07. The minimum atomic E-state index is -0.455. The Balaban J connectivity index is 1.78. The molecule has 1 amide bonds. The second-order valence-corrected chi connectivity index (χ2v) is 7.06. The lowest BCUT2D eigenvalue weighted by molar-refractivity contribution is 0.0382. The van der Waals surface area contributed by atoms with Crippen LogP contribution in [-0.2, 0) is 11.3 Å². The molecule has 5 nitrogen and oxygen atoms in total. The van der Waals surface area contributed by atoms with Crippen molar-refractivity contribution in [1.29, 1.82) is 0 Å². The van der Waals surface area contributed by atoms with Crippen LogP contribution in [0.3, 0.4) is 0 Å². The number of nitrogens with one attached hydrogen (secondary N) is 2. The Morgan fingerprint density at radius 2 is 2.25 bits per heavy atom. The molecule has 1 aliphatic rings. The lowest BCUT2D eigenvalue weighted by atomic mass is 9.76. The van der Waals surface area contributed by atoms with Crippen molar-refractivity contribution in [2.24, 2.45) is 0 Å². The highest BCUT2D eigenvalue weighted by Crippen LogP contribution is 2.31. The summed E-state index contributed by atoms with van der Waals surface area (Å²) in [5.74, 6) is 0. The Morgan fingerprint density at radius 3 is 2.75 bits per heavy atom. The lowest BCUT2D eigenvalue weighted by Crippen LogP contribution is -2.59. The molecule has 0 bridgehead atoms. The molecular weight excluding hydrogens is 274 g/mol. The molecule has 1 aliphatic carbocycles. The van der Waals surface area contributed by atoms with Crippen molar-refractivity contribution in [2.45, 2.75) is 57.7 Å². The fourth-order valence-corrected chi connectivity index (χ4v) is 2.78. The minimum absolute atomic E-state index is 0.154. The molecule has 1 fully saturated rings. The SMILES string of the molecule is CC(C)(C)OC(=O)NC1(CNCc2cscn2)CCC1. The van der Waals surface area contributed by atoms with Crippen LogP contribution < -0.4 is 10.6 Å². The van der Waals surface area contributed by atoms with Crippen molar-refractivity contribution in [2.75, 3.05) is 6.54 Å². The molecule has 0 unspecified atom stereocenters. The van der Waals surface area contributed by atoms with E-state index in [0.717, 1.165) is 38.0 Å².